The van der Waals surface area contributed by atoms with Crippen LogP contribution in [0.15, 0.2) is 24.3 Å². The Morgan fingerprint density at radius 3 is 2.31 bits per heavy atom. The van der Waals surface area contributed by atoms with Crippen molar-refractivity contribution >= 4 is 11.6 Å². The van der Waals surface area contributed by atoms with Crippen LogP contribution in [-0.2, 0) is 5.41 Å². The molecule has 0 aromatic heterocycles. The van der Waals surface area contributed by atoms with Crippen LogP contribution in [0.1, 0.15) is 18.4 Å². The van der Waals surface area contributed by atoms with Crippen molar-refractivity contribution < 1.29 is 8.78 Å². The Morgan fingerprint density at radius 2 is 1.85 bits per heavy atom. The molecule has 13 heavy (non-hydrogen) atoms. The van der Waals surface area contributed by atoms with Gasteiger partial charge in [-0.1, -0.05) is 29.8 Å². The van der Waals surface area contributed by atoms with E-state index in [1.165, 1.54) is 0 Å². The van der Waals surface area contributed by atoms with Crippen LogP contribution in [0.3, 0.4) is 0 Å². The van der Waals surface area contributed by atoms with Gasteiger partial charge in [0.15, 0.2) is 0 Å². The molecule has 1 saturated carbocycles. The van der Waals surface area contributed by atoms with Crippen molar-refractivity contribution in [3.8, 4) is 0 Å². The first kappa shape index (κ1) is 8.95. The molecule has 0 aliphatic heterocycles. The van der Waals surface area contributed by atoms with Crippen molar-refractivity contribution in [1.29, 1.82) is 0 Å². The largest absolute Gasteiger partial charge is 0.248 e. The second-order valence-electron chi connectivity index (χ2n) is 3.44. The molecule has 0 radical (unpaired) electrons. The molecule has 0 saturated heterocycles. The Morgan fingerprint density at radius 1 is 1.23 bits per heavy atom. The summed E-state index contributed by atoms with van der Waals surface area (Å²) in [7, 11) is 0. The van der Waals surface area contributed by atoms with Gasteiger partial charge in [0.05, 0.1) is 5.41 Å². The van der Waals surface area contributed by atoms with E-state index in [4.69, 9.17) is 11.6 Å². The molecular formula is C10H9ClF2. The lowest BCUT2D eigenvalue weighted by molar-refractivity contribution is 0.102. The van der Waals surface area contributed by atoms with Crippen LogP contribution in [0.5, 0.6) is 0 Å². The maximum Gasteiger partial charge on any atom is 0.248 e. The quantitative estimate of drug-likeness (QED) is 0.687. The third-order valence-electron chi connectivity index (χ3n) is 2.62. The fourth-order valence-electron chi connectivity index (χ4n) is 1.60. The molecule has 70 valence electrons. The molecule has 0 amide bonds. The molecule has 2 rings (SSSR count). The molecule has 0 atom stereocenters. The molecule has 0 heterocycles. The Bertz CT molecular complexity index is 318. The predicted octanol–water partition coefficient (Wildman–Crippen LogP) is 3.64. The average Bonchev–Trinajstić information content (AvgIpc) is 2.85. The Balaban J connectivity index is 2.41. The van der Waals surface area contributed by atoms with Crippen molar-refractivity contribution in [1.82, 2.24) is 0 Å². The van der Waals surface area contributed by atoms with Gasteiger partial charge in [-0.3, -0.25) is 0 Å². The van der Waals surface area contributed by atoms with Gasteiger partial charge < -0.3 is 0 Å². The first-order valence-electron chi connectivity index (χ1n) is 4.20. The molecule has 0 spiro atoms. The number of hydrogen-bond donors (Lipinski definition) is 0. The van der Waals surface area contributed by atoms with Gasteiger partial charge in [-0.2, -0.15) is 0 Å². The van der Waals surface area contributed by atoms with Crippen LogP contribution in [-0.4, -0.2) is 6.43 Å². The minimum atomic E-state index is -2.30. The van der Waals surface area contributed by atoms with Crippen LogP contribution < -0.4 is 0 Å². The monoisotopic (exact) mass is 202 g/mol. The highest BCUT2D eigenvalue weighted by molar-refractivity contribution is 6.31. The lowest BCUT2D eigenvalue weighted by Gasteiger charge is -2.15. The molecular weight excluding hydrogens is 194 g/mol. The molecule has 0 N–H and O–H groups in total. The first-order valence-corrected chi connectivity index (χ1v) is 4.58. The first-order chi connectivity index (χ1) is 6.17. The van der Waals surface area contributed by atoms with Crippen LogP contribution in [0.25, 0.3) is 0 Å². The SMILES string of the molecule is FC(F)C1(c2ccccc2Cl)CC1. The van der Waals surface area contributed by atoms with Crippen molar-refractivity contribution in [2.45, 2.75) is 24.7 Å². The summed E-state index contributed by atoms with van der Waals surface area (Å²) in [4.78, 5) is 0. The van der Waals surface area contributed by atoms with Crippen molar-refractivity contribution in [2.75, 3.05) is 0 Å². The number of halogens is 3. The average molecular weight is 203 g/mol. The van der Waals surface area contributed by atoms with Gasteiger partial charge in [0.1, 0.15) is 0 Å². The smallest absolute Gasteiger partial charge is 0.210 e. The van der Waals surface area contributed by atoms with E-state index in [9.17, 15) is 8.78 Å². The highest BCUT2D eigenvalue weighted by atomic mass is 35.5. The summed E-state index contributed by atoms with van der Waals surface area (Å²) in [5.41, 5.74) is -0.329. The highest BCUT2D eigenvalue weighted by Crippen LogP contribution is 2.54. The minimum Gasteiger partial charge on any atom is -0.210 e. The summed E-state index contributed by atoms with van der Waals surface area (Å²) in [5.74, 6) is 0. The van der Waals surface area contributed by atoms with E-state index >= 15 is 0 Å². The summed E-state index contributed by atoms with van der Waals surface area (Å²) >= 11 is 5.86. The molecule has 0 nitrogen and oxygen atoms in total. The van der Waals surface area contributed by atoms with Gasteiger partial charge in [-0.25, -0.2) is 8.78 Å². The molecule has 1 aromatic carbocycles. The highest BCUT2D eigenvalue weighted by Gasteiger charge is 2.53. The predicted molar refractivity (Wildman–Crippen MR) is 48.4 cm³/mol. The topological polar surface area (TPSA) is 0 Å². The summed E-state index contributed by atoms with van der Waals surface area (Å²) in [6.45, 7) is 0. The Kier molecular flexibility index (Phi) is 2.03. The Hall–Kier alpha value is -0.630. The second kappa shape index (κ2) is 2.95. The van der Waals surface area contributed by atoms with Gasteiger partial charge in [0.2, 0.25) is 6.43 Å². The van der Waals surface area contributed by atoms with Gasteiger partial charge >= 0.3 is 0 Å². The van der Waals surface area contributed by atoms with Crippen LogP contribution >= 0.6 is 11.6 Å². The van der Waals surface area contributed by atoms with Crippen LogP contribution in [0.2, 0.25) is 5.02 Å². The fourth-order valence-corrected chi connectivity index (χ4v) is 1.93. The maximum absolute atomic E-state index is 12.7. The molecule has 0 unspecified atom stereocenters. The van der Waals surface area contributed by atoms with E-state index in [0.29, 0.717) is 23.4 Å². The standard InChI is InChI=1S/C10H9ClF2/c11-8-4-2-1-3-7(8)10(5-6-10)9(12)13/h1-4,9H,5-6H2. The fraction of sp³-hybridized carbons (Fsp3) is 0.400. The summed E-state index contributed by atoms with van der Waals surface area (Å²) in [5, 5.41) is 0.459. The number of hydrogen-bond acceptors (Lipinski definition) is 0. The lowest BCUT2D eigenvalue weighted by atomic mass is 9.97. The lowest BCUT2D eigenvalue weighted by Crippen LogP contribution is -2.17. The third kappa shape index (κ3) is 1.33. The zero-order valence-electron chi connectivity index (χ0n) is 6.93. The van der Waals surface area contributed by atoms with E-state index < -0.39 is 11.8 Å². The third-order valence-corrected chi connectivity index (χ3v) is 2.95. The normalized spacial score (nSPS) is 19.1. The Labute approximate surface area is 80.5 Å². The van der Waals surface area contributed by atoms with Crippen molar-refractivity contribution in [2.24, 2.45) is 0 Å². The molecule has 1 aromatic rings. The van der Waals surface area contributed by atoms with Crippen LogP contribution in [0, 0.1) is 0 Å². The minimum absolute atomic E-state index is 0.459. The van der Waals surface area contributed by atoms with Gasteiger partial charge in [-0.05, 0) is 24.5 Å². The molecule has 1 aliphatic carbocycles. The van der Waals surface area contributed by atoms with E-state index in [1.54, 1.807) is 24.3 Å². The number of rotatable bonds is 2. The van der Waals surface area contributed by atoms with Crippen molar-refractivity contribution in [3.63, 3.8) is 0 Å². The number of alkyl halides is 2. The molecule has 0 bridgehead atoms. The van der Waals surface area contributed by atoms with Gasteiger partial charge in [0.25, 0.3) is 0 Å². The maximum atomic E-state index is 12.7. The summed E-state index contributed by atoms with van der Waals surface area (Å²) < 4.78 is 25.4. The summed E-state index contributed by atoms with van der Waals surface area (Å²) in [6.07, 6.45) is -1.20. The van der Waals surface area contributed by atoms with E-state index in [-0.39, 0.29) is 0 Å². The molecule has 3 heteroatoms. The summed E-state index contributed by atoms with van der Waals surface area (Å²) in [6, 6.07) is 6.87. The van der Waals surface area contributed by atoms with E-state index in [1.807, 2.05) is 0 Å². The molecule has 1 fully saturated rings. The van der Waals surface area contributed by atoms with E-state index in [2.05, 4.69) is 0 Å². The van der Waals surface area contributed by atoms with Gasteiger partial charge in [0, 0.05) is 5.02 Å². The molecule has 1 aliphatic rings. The van der Waals surface area contributed by atoms with E-state index in [0.717, 1.165) is 0 Å². The zero-order valence-corrected chi connectivity index (χ0v) is 7.69. The van der Waals surface area contributed by atoms with Gasteiger partial charge in [-0.15, -0.1) is 0 Å². The zero-order chi connectivity index (χ0) is 9.47. The van der Waals surface area contributed by atoms with Crippen molar-refractivity contribution in [3.05, 3.63) is 34.9 Å². The van der Waals surface area contributed by atoms with Crippen LogP contribution in [0.4, 0.5) is 8.78 Å². The second-order valence-corrected chi connectivity index (χ2v) is 3.84. The number of benzene rings is 1.